The van der Waals surface area contributed by atoms with E-state index in [1.54, 1.807) is 24.3 Å². The monoisotopic (exact) mass is 359 g/mol. The number of rotatable bonds is 8. The minimum absolute atomic E-state index is 0.0365. The number of hydrogen-bond acceptors (Lipinski definition) is 3. The molecule has 5 nitrogen and oxygen atoms in total. The van der Waals surface area contributed by atoms with Crippen LogP contribution in [0.1, 0.15) is 28.4 Å². The molecule has 0 fully saturated rings. The summed E-state index contributed by atoms with van der Waals surface area (Å²) in [6, 6.07) is 14.5. The fourth-order valence-electron chi connectivity index (χ4n) is 2.37. The molecule has 2 rings (SSSR count). The number of nitrogens with zero attached hydrogens (tertiary/aromatic N) is 1. The SMILES string of the molecule is CCN(CC(=O)NCc1ccc(Cl)cc1)Cc1ccc(C(N)=O)cc1. The smallest absolute Gasteiger partial charge is 0.248 e. The minimum Gasteiger partial charge on any atom is -0.366 e. The lowest BCUT2D eigenvalue weighted by atomic mass is 10.1. The Morgan fingerprint density at radius 2 is 1.64 bits per heavy atom. The molecule has 0 aromatic heterocycles. The van der Waals surface area contributed by atoms with Gasteiger partial charge < -0.3 is 11.1 Å². The third-order valence-electron chi connectivity index (χ3n) is 3.86. The molecule has 132 valence electrons. The van der Waals surface area contributed by atoms with E-state index >= 15 is 0 Å². The van der Waals surface area contributed by atoms with E-state index in [0.717, 1.165) is 17.7 Å². The molecule has 0 unspecified atom stereocenters. The minimum atomic E-state index is -0.444. The number of halogens is 1. The highest BCUT2D eigenvalue weighted by Crippen LogP contribution is 2.10. The largest absolute Gasteiger partial charge is 0.366 e. The Balaban J connectivity index is 1.84. The highest BCUT2D eigenvalue weighted by atomic mass is 35.5. The second-order valence-electron chi connectivity index (χ2n) is 5.77. The first-order valence-corrected chi connectivity index (χ1v) is 8.48. The van der Waals surface area contributed by atoms with E-state index in [1.165, 1.54) is 0 Å². The molecule has 0 aliphatic heterocycles. The first-order chi connectivity index (χ1) is 12.0. The van der Waals surface area contributed by atoms with Gasteiger partial charge in [-0.15, -0.1) is 0 Å². The quantitative estimate of drug-likeness (QED) is 0.760. The molecular weight excluding hydrogens is 338 g/mol. The van der Waals surface area contributed by atoms with Gasteiger partial charge in [0.25, 0.3) is 0 Å². The van der Waals surface area contributed by atoms with Crippen molar-refractivity contribution in [1.29, 1.82) is 0 Å². The summed E-state index contributed by atoms with van der Waals surface area (Å²) in [7, 11) is 0. The topological polar surface area (TPSA) is 75.4 Å². The summed E-state index contributed by atoms with van der Waals surface area (Å²) in [6.45, 7) is 4.16. The normalized spacial score (nSPS) is 10.7. The molecule has 3 N–H and O–H groups in total. The fourth-order valence-corrected chi connectivity index (χ4v) is 2.50. The molecule has 0 aliphatic carbocycles. The summed E-state index contributed by atoms with van der Waals surface area (Å²) in [5.41, 5.74) is 7.74. The number of benzene rings is 2. The van der Waals surface area contributed by atoms with Gasteiger partial charge in [-0.05, 0) is 41.9 Å². The van der Waals surface area contributed by atoms with Gasteiger partial charge in [-0.2, -0.15) is 0 Å². The van der Waals surface area contributed by atoms with Crippen molar-refractivity contribution in [2.24, 2.45) is 5.73 Å². The molecule has 0 saturated heterocycles. The molecule has 0 atom stereocenters. The van der Waals surface area contributed by atoms with Crippen LogP contribution in [0.5, 0.6) is 0 Å². The van der Waals surface area contributed by atoms with Crippen LogP contribution in [-0.4, -0.2) is 29.8 Å². The van der Waals surface area contributed by atoms with Crippen LogP contribution in [-0.2, 0) is 17.9 Å². The zero-order valence-electron chi connectivity index (χ0n) is 14.2. The van der Waals surface area contributed by atoms with Crippen molar-refractivity contribution < 1.29 is 9.59 Å². The molecular formula is C19H22ClN3O2. The number of likely N-dealkylation sites (N-methyl/N-ethyl adjacent to an activating group) is 1. The highest BCUT2D eigenvalue weighted by Gasteiger charge is 2.10. The van der Waals surface area contributed by atoms with Gasteiger partial charge in [0.1, 0.15) is 0 Å². The van der Waals surface area contributed by atoms with Crippen LogP contribution in [0.3, 0.4) is 0 Å². The van der Waals surface area contributed by atoms with Gasteiger partial charge in [-0.25, -0.2) is 0 Å². The number of amides is 2. The van der Waals surface area contributed by atoms with Crippen LogP contribution in [0, 0.1) is 0 Å². The summed E-state index contributed by atoms with van der Waals surface area (Å²) in [5, 5.41) is 3.58. The predicted molar refractivity (Wildman–Crippen MR) is 99.2 cm³/mol. The molecule has 2 aromatic rings. The summed E-state index contributed by atoms with van der Waals surface area (Å²) >= 11 is 5.85. The van der Waals surface area contributed by atoms with Gasteiger partial charge in [0.15, 0.2) is 0 Å². The van der Waals surface area contributed by atoms with Crippen LogP contribution < -0.4 is 11.1 Å². The van der Waals surface area contributed by atoms with Gasteiger partial charge in [-0.3, -0.25) is 14.5 Å². The number of carbonyl (C=O) groups is 2. The van der Waals surface area contributed by atoms with E-state index in [0.29, 0.717) is 30.2 Å². The number of hydrogen-bond donors (Lipinski definition) is 2. The molecule has 2 aromatic carbocycles. The third-order valence-corrected chi connectivity index (χ3v) is 4.11. The Labute approximate surface area is 152 Å². The van der Waals surface area contributed by atoms with Gasteiger partial charge >= 0.3 is 0 Å². The first-order valence-electron chi connectivity index (χ1n) is 8.10. The van der Waals surface area contributed by atoms with E-state index in [-0.39, 0.29) is 5.91 Å². The Morgan fingerprint density at radius 1 is 1.04 bits per heavy atom. The predicted octanol–water partition coefficient (Wildman–Crippen LogP) is 2.58. The van der Waals surface area contributed by atoms with Crippen LogP contribution in [0.15, 0.2) is 48.5 Å². The van der Waals surface area contributed by atoms with E-state index in [1.807, 2.05) is 36.1 Å². The number of primary amides is 1. The van der Waals surface area contributed by atoms with E-state index in [2.05, 4.69) is 5.32 Å². The van der Waals surface area contributed by atoms with Gasteiger partial charge in [0, 0.05) is 23.7 Å². The lowest BCUT2D eigenvalue weighted by Crippen LogP contribution is -2.36. The van der Waals surface area contributed by atoms with Crippen molar-refractivity contribution in [3.05, 3.63) is 70.2 Å². The molecule has 25 heavy (non-hydrogen) atoms. The second-order valence-corrected chi connectivity index (χ2v) is 6.20. The summed E-state index contributed by atoms with van der Waals surface area (Å²) in [4.78, 5) is 25.3. The molecule has 0 radical (unpaired) electrons. The summed E-state index contributed by atoms with van der Waals surface area (Å²) in [5.74, 6) is -0.481. The molecule has 0 saturated carbocycles. The Kier molecular flexibility index (Phi) is 6.98. The lowest BCUT2D eigenvalue weighted by Gasteiger charge is -2.20. The third kappa shape index (κ3) is 6.21. The Hall–Kier alpha value is -2.37. The molecule has 0 spiro atoms. The van der Waals surface area contributed by atoms with Crippen LogP contribution >= 0.6 is 11.6 Å². The van der Waals surface area contributed by atoms with Crippen molar-refractivity contribution in [3.63, 3.8) is 0 Å². The Bertz CT molecular complexity index is 714. The van der Waals surface area contributed by atoms with E-state index < -0.39 is 5.91 Å². The van der Waals surface area contributed by atoms with Gasteiger partial charge in [0.05, 0.1) is 6.54 Å². The molecule has 0 aliphatic rings. The second kappa shape index (κ2) is 9.20. The van der Waals surface area contributed by atoms with E-state index in [4.69, 9.17) is 17.3 Å². The summed E-state index contributed by atoms with van der Waals surface area (Å²) in [6.07, 6.45) is 0. The van der Waals surface area contributed by atoms with Crippen LogP contribution in [0.4, 0.5) is 0 Å². The highest BCUT2D eigenvalue weighted by molar-refractivity contribution is 6.30. The first kappa shape index (κ1) is 19.0. The van der Waals surface area contributed by atoms with Crippen LogP contribution in [0.25, 0.3) is 0 Å². The lowest BCUT2D eigenvalue weighted by molar-refractivity contribution is -0.122. The number of nitrogens with two attached hydrogens (primary N) is 1. The molecule has 0 bridgehead atoms. The number of carbonyl (C=O) groups excluding carboxylic acids is 2. The fraction of sp³-hybridized carbons (Fsp3) is 0.263. The zero-order valence-corrected chi connectivity index (χ0v) is 14.9. The van der Waals surface area contributed by atoms with Crippen molar-refractivity contribution in [1.82, 2.24) is 10.2 Å². The van der Waals surface area contributed by atoms with E-state index in [9.17, 15) is 9.59 Å². The maximum absolute atomic E-state index is 12.1. The zero-order chi connectivity index (χ0) is 18.2. The molecule has 2 amide bonds. The average Bonchev–Trinajstić information content (AvgIpc) is 2.61. The average molecular weight is 360 g/mol. The molecule has 6 heteroatoms. The van der Waals surface area contributed by atoms with Crippen LogP contribution in [0.2, 0.25) is 5.02 Å². The van der Waals surface area contributed by atoms with Crippen molar-refractivity contribution >= 4 is 23.4 Å². The summed E-state index contributed by atoms with van der Waals surface area (Å²) < 4.78 is 0. The maximum Gasteiger partial charge on any atom is 0.248 e. The van der Waals surface area contributed by atoms with Gasteiger partial charge in [0.2, 0.25) is 11.8 Å². The van der Waals surface area contributed by atoms with Crippen molar-refractivity contribution in [3.8, 4) is 0 Å². The molecule has 0 heterocycles. The van der Waals surface area contributed by atoms with Crippen molar-refractivity contribution in [2.75, 3.05) is 13.1 Å². The Morgan fingerprint density at radius 3 is 2.20 bits per heavy atom. The van der Waals surface area contributed by atoms with Gasteiger partial charge in [-0.1, -0.05) is 42.8 Å². The van der Waals surface area contributed by atoms with Crippen molar-refractivity contribution in [2.45, 2.75) is 20.0 Å². The number of nitrogens with one attached hydrogen (secondary N) is 1. The standard InChI is InChI=1S/C19H22ClN3O2/c1-2-23(12-15-3-7-16(8-4-15)19(21)25)13-18(24)22-11-14-5-9-17(20)10-6-14/h3-10H,2,11-13H2,1H3,(H2,21,25)(H,22,24). The maximum atomic E-state index is 12.1.